The van der Waals surface area contributed by atoms with E-state index >= 15 is 0 Å². The van der Waals surface area contributed by atoms with Gasteiger partial charge in [0.1, 0.15) is 14.7 Å². The normalized spacial score (nSPS) is 15.3. The molecule has 0 bridgehead atoms. The Hall–Kier alpha value is -1.79. The van der Waals surface area contributed by atoms with Crippen LogP contribution in [0, 0.1) is 0 Å². The third-order valence-corrected chi connectivity index (χ3v) is 11.6. The second-order valence-corrected chi connectivity index (χ2v) is 16.0. The molecule has 0 atom stereocenters. The molecule has 2 aromatic carbocycles. The van der Waals surface area contributed by atoms with Crippen LogP contribution >= 0.6 is 34.4 Å². The monoisotopic (exact) mass is 701 g/mol. The molecule has 228 valence electrons. The maximum Gasteiger partial charge on any atom is 1.00 e. The maximum atomic E-state index is 13.1. The van der Waals surface area contributed by atoms with E-state index in [2.05, 4.69) is 4.90 Å². The molecule has 0 saturated carbocycles. The van der Waals surface area contributed by atoms with Gasteiger partial charge in [0.2, 0.25) is 5.52 Å². The van der Waals surface area contributed by atoms with Crippen LogP contribution in [0.25, 0.3) is 22.4 Å². The summed E-state index contributed by atoms with van der Waals surface area (Å²) < 4.78 is 72.0. The summed E-state index contributed by atoms with van der Waals surface area (Å²) in [5, 5.41) is 2.21. The van der Waals surface area contributed by atoms with Crippen LogP contribution in [-0.2, 0) is 33.8 Å². The van der Waals surface area contributed by atoms with Crippen molar-refractivity contribution in [3.8, 4) is 0 Å². The van der Waals surface area contributed by atoms with Gasteiger partial charge in [0, 0.05) is 42.5 Å². The van der Waals surface area contributed by atoms with Crippen molar-refractivity contribution in [3.63, 3.8) is 0 Å². The molecule has 10 nitrogen and oxygen atoms in total. The van der Waals surface area contributed by atoms with Gasteiger partial charge in [0.15, 0.2) is 6.54 Å². The number of fused-ring (bicyclic) bond motifs is 2. The van der Waals surface area contributed by atoms with Crippen molar-refractivity contribution >= 4 is 82.7 Å². The van der Waals surface area contributed by atoms with Gasteiger partial charge in [-0.15, -0.1) is 0 Å². The largest absolute Gasteiger partial charge is 1.00 e. The van der Waals surface area contributed by atoms with Gasteiger partial charge in [0.25, 0.3) is 9.75 Å². The van der Waals surface area contributed by atoms with Crippen molar-refractivity contribution in [2.75, 3.05) is 23.0 Å². The Kier molecular flexibility index (Phi) is 11.8. The van der Waals surface area contributed by atoms with Crippen LogP contribution in [0.2, 0.25) is 0 Å². The number of aryl methyl sites for hydroxylation is 1. The standard InChI is InChI=1S/C28H29N3O7S5.Na/c1-29-22(13-14-25-30(15-6-7-17-42(33,34)35)20-9-2-4-11-23(20)39-25)28(32)41-26(29)19-27-31(16-8-18-43(36,37)38)21-10-3-5-12-24(21)40-27;/h2-5,9-14,19H,6-8,15-18H2,1H3,(H-,33,34,35,36,37,38);/q;+1/p-1. The van der Waals surface area contributed by atoms with E-state index < -0.39 is 31.7 Å². The Morgan fingerprint density at radius 2 is 1.57 bits per heavy atom. The first kappa shape index (κ1) is 35.1. The van der Waals surface area contributed by atoms with E-state index in [4.69, 9.17) is 0 Å². The van der Waals surface area contributed by atoms with Gasteiger partial charge in [-0.3, -0.25) is 4.79 Å². The van der Waals surface area contributed by atoms with Gasteiger partial charge in [-0.1, -0.05) is 58.7 Å². The number of hydrogen-bond acceptors (Lipinski definition) is 11. The van der Waals surface area contributed by atoms with Gasteiger partial charge < -0.3 is 18.6 Å². The van der Waals surface area contributed by atoms with Crippen LogP contribution in [0.3, 0.4) is 0 Å². The van der Waals surface area contributed by atoms with Crippen molar-refractivity contribution < 1.29 is 60.1 Å². The summed E-state index contributed by atoms with van der Waals surface area (Å²) in [6.45, 7) is 0.869. The Bertz CT molecular complexity index is 2100. The molecule has 0 spiro atoms. The summed E-state index contributed by atoms with van der Waals surface area (Å²) >= 11 is 4.18. The molecule has 0 aliphatic carbocycles. The molecule has 2 aromatic heterocycles. The smallest absolute Gasteiger partial charge is 0.748 e. The summed E-state index contributed by atoms with van der Waals surface area (Å²) in [4.78, 5) is 16.2. The van der Waals surface area contributed by atoms with Gasteiger partial charge in [-0.05, 0) is 43.2 Å². The number of para-hydroxylation sites is 2. The van der Waals surface area contributed by atoms with E-state index in [9.17, 15) is 30.7 Å². The molecule has 1 aliphatic heterocycles. The number of aromatic nitrogens is 2. The fraction of sp³-hybridized carbons (Fsp3) is 0.286. The van der Waals surface area contributed by atoms with E-state index in [0.717, 1.165) is 42.2 Å². The minimum Gasteiger partial charge on any atom is -0.748 e. The van der Waals surface area contributed by atoms with Gasteiger partial charge in [-0.2, -0.15) is 4.57 Å². The zero-order valence-electron chi connectivity index (χ0n) is 24.0. The Labute approximate surface area is 289 Å². The molecular weight excluding hydrogens is 674 g/mol. The predicted octanol–water partition coefficient (Wildman–Crippen LogP) is -0.723. The fourth-order valence-electron chi connectivity index (χ4n) is 4.78. The van der Waals surface area contributed by atoms with Crippen LogP contribution in [-0.4, -0.2) is 48.6 Å². The van der Waals surface area contributed by atoms with Gasteiger partial charge in [0.05, 0.1) is 37.0 Å². The third kappa shape index (κ3) is 8.72. The molecule has 0 saturated heterocycles. The SMILES string of the molecule is Cn1c(=Cc2sc3ccccc3[n+]2CCCS(=O)(=O)[O-])sc(=O)c1=CC=C1Sc2ccccc2N1CCCCS(=O)(=O)[O-].[Na+]. The van der Waals surface area contributed by atoms with Crippen LogP contribution in [0.1, 0.15) is 24.3 Å². The zero-order valence-corrected chi connectivity index (χ0v) is 30.1. The maximum absolute atomic E-state index is 13.1. The van der Waals surface area contributed by atoms with Gasteiger partial charge >= 0.3 is 29.6 Å². The molecule has 44 heavy (non-hydrogen) atoms. The molecule has 1 aliphatic rings. The van der Waals surface area contributed by atoms with Crippen molar-refractivity contribution in [2.24, 2.45) is 7.05 Å². The molecule has 0 radical (unpaired) electrons. The summed E-state index contributed by atoms with van der Waals surface area (Å²) in [7, 11) is -6.77. The third-order valence-electron chi connectivity index (χ3n) is 6.80. The Balaban J connectivity index is 0.00000442. The van der Waals surface area contributed by atoms with Crippen molar-refractivity contribution in [3.05, 3.63) is 84.2 Å². The zero-order chi connectivity index (χ0) is 30.8. The number of unbranched alkanes of at least 4 members (excludes halogenated alkanes) is 1. The number of hydrogen-bond donors (Lipinski definition) is 0. The minimum atomic E-state index is -4.32. The van der Waals surface area contributed by atoms with E-state index in [1.54, 1.807) is 17.8 Å². The number of benzene rings is 2. The first-order valence-corrected chi connectivity index (χ1v) is 18.9. The average Bonchev–Trinajstić information content (AvgIpc) is 3.55. The van der Waals surface area contributed by atoms with E-state index in [1.807, 2.05) is 76.9 Å². The van der Waals surface area contributed by atoms with Crippen molar-refractivity contribution in [1.82, 2.24) is 4.57 Å². The van der Waals surface area contributed by atoms with Gasteiger partial charge in [-0.25, -0.2) is 16.8 Å². The first-order chi connectivity index (χ1) is 20.4. The topological polar surface area (TPSA) is 144 Å². The molecule has 16 heteroatoms. The van der Waals surface area contributed by atoms with Crippen molar-refractivity contribution in [1.29, 1.82) is 0 Å². The second-order valence-electron chi connectivity index (χ2n) is 9.85. The molecule has 5 rings (SSSR count). The Morgan fingerprint density at radius 3 is 2.32 bits per heavy atom. The molecule has 0 N–H and O–H groups in total. The van der Waals surface area contributed by atoms with Crippen LogP contribution < -0.4 is 53.8 Å². The summed E-state index contributed by atoms with van der Waals surface area (Å²) in [5.41, 5.74) is 1.91. The second kappa shape index (κ2) is 14.8. The van der Waals surface area contributed by atoms with E-state index in [1.165, 1.54) is 11.3 Å². The average molecular weight is 702 g/mol. The number of thiazole rings is 2. The molecule has 0 fully saturated rings. The number of rotatable bonds is 11. The number of thioether (sulfide) groups is 1. The predicted molar refractivity (Wildman–Crippen MR) is 170 cm³/mol. The number of anilines is 1. The molecule has 4 aromatic rings. The summed E-state index contributed by atoms with van der Waals surface area (Å²) in [5.74, 6) is -0.854. The summed E-state index contributed by atoms with van der Waals surface area (Å²) in [6.07, 6.45) is 6.52. The van der Waals surface area contributed by atoms with Crippen LogP contribution in [0.4, 0.5) is 5.69 Å². The van der Waals surface area contributed by atoms with Crippen LogP contribution in [0.15, 0.2) is 69.3 Å². The van der Waals surface area contributed by atoms with E-state index in [0.29, 0.717) is 29.5 Å². The first-order valence-electron chi connectivity index (χ1n) is 13.3. The van der Waals surface area contributed by atoms with Crippen LogP contribution in [0.5, 0.6) is 0 Å². The van der Waals surface area contributed by atoms with Crippen molar-refractivity contribution in [2.45, 2.75) is 30.7 Å². The molecule has 0 amide bonds. The summed E-state index contributed by atoms with van der Waals surface area (Å²) in [6, 6.07) is 15.6. The molecule has 3 heterocycles. The molecular formula is C28H28N3NaO7S5. The quantitative estimate of drug-likeness (QED) is 0.0857. The minimum absolute atomic E-state index is 0. The Morgan fingerprint density at radius 1 is 0.886 bits per heavy atom. The number of nitrogens with zero attached hydrogens (tertiary/aromatic N) is 3. The fourth-order valence-corrected chi connectivity index (χ4v) is 9.02. The van der Waals surface area contributed by atoms with E-state index in [-0.39, 0.29) is 47.1 Å². The molecule has 0 unspecified atom stereocenters. The number of allylic oxidation sites excluding steroid dienone is 1.